The summed E-state index contributed by atoms with van der Waals surface area (Å²) in [4.78, 5) is 12.9. The second kappa shape index (κ2) is 12.3. The van der Waals surface area contributed by atoms with Crippen LogP contribution in [0.5, 0.6) is 5.75 Å². The first kappa shape index (κ1) is 25.4. The molecule has 0 aromatic heterocycles. The molecule has 1 aliphatic carbocycles. The van der Waals surface area contributed by atoms with Crippen LogP contribution in [0.2, 0.25) is 0 Å². The number of amides is 1. The largest absolute Gasteiger partial charge is 0.497 e. The van der Waals surface area contributed by atoms with Gasteiger partial charge in [0.05, 0.1) is 17.7 Å². The topological polar surface area (TPSA) is 75.7 Å². The first-order valence-electron chi connectivity index (χ1n) is 11.5. The highest BCUT2D eigenvalue weighted by Gasteiger charge is 2.27. The van der Waals surface area contributed by atoms with Gasteiger partial charge in [-0.2, -0.15) is 11.8 Å². The van der Waals surface area contributed by atoms with Gasteiger partial charge in [-0.1, -0.05) is 37.0 Å². The number of carbonyl (C=O) groups excluding carboxylic acids is 1. The standard InChI is InChI=1S/C25H34N2O4S2/c1-20-9-15-24(16-10-20)33(29,30)27(21-11-13-22(31-2)14-12-21)19-25(28)26-17-6-18-32-23-7-4-3-5-8-23/h9-16,23H,3-8,17-19H2,1-2H3,(H,26,28). The lowest BCUT2D eigenvalue weighted by Gasteiger charge is -2.24. The lowest BCUT2D eigenvalue weighted by molar-refractivity contribution is -0.119. The fraction of sp³-hybridized carbons (Fsp3) is 0.480. The molecule has 33 heavy (non-hydrogen) atoms. The third-order valence-corrected chi connectivity index (χ3v) is 9.06. The molecule has 0 bridgehead atoms. The van der Waals surface area contributed by atoms with Gasteiger partial charge in [-0.25, -0.2) is 8.42 Å². The normalized spacial score (nSPS) is 14.6. The molecule has 180 valence electrons. The second-order valence-corrected chi connectivity index (χ2v) is 11.6. The number of hydrogen-bond donors (Lipinski definition) is 1. The van der Waals surface area contributed by atoms with Crippen molar-refractivity contribution in [2.45, 2.75) is 55.6 Å². The van der Waals surface area contributed by atoms with Crippen molar-refractivity contribution in [2.24, 2.45) is 0 Å². The van der Waals surface area contributed by atoms with Gasteiger partial charge in [-0.15, -0.1) is 0 Å². The van der Waals surface area contributed by atoms with E-state index in [2.05, 4.69) is 5.32 Å². The Morgan fingerprint density at radius 3 is 2.36 bits per heavy atom. The first-order valence-corrected chi connectivity index (χ1v) is 14.0. The van der Waals surface area contributed by atoms with Crippen LogP contribution in [0.4, 0.5) is 5.69 Å². The molecule has 0 saturated heterocycles. The van der Waals surface area contributed by atoms with Crippen LogP contribution in [-0.4, -0.2) is 45.5 Å². The van der Waals surface area contributed by atoms with Gasteiger partial charge in [0.2, 0.25) is 5.91 Å². The van der Waals surface area contributed by atoms with E-state index < -0.39 is 10.0 Å². The van der Waals surface area contributed by atoms with Gasteiger partial charge >= 0.3 is 0 Å². The maximum atomic E-state index is 13.4. The minimum atomic E-state index is -3.91. The van der Waals surface area contributed by atoms with Gasteiger partial charge in [-0.05, 0) is 68.3 Å². The van der Waals surface area contributed by atoms with Crippen LogP contribution in [0, 0.1) is 6.92 Å². The SMILES string of the molecule is COc1ccc(N(CC(=O)NCCCSC2CCCCC2)S(=O)(=O)c2ccc(C)cc2)cc1. The number of methoxy groups -OCH3 is 1. The molecule has 0 spiro atoms. The molecule has 0 heterocycles. The zero-order chi connectivity index (χ0) is 23.7. The van der Waals surface area contributed by atoms with Crippen molar-refractivity contribution in [1.29, 1.82) is 0 Å². The Morgan fingerprint density at radius 1 is 1.06 bits per heavy atom. The Morgan fingerprint density at radius 2 is 1.73 bits per heavy atom. The monoisotopic (exact) mass is 490 g/mol. The van der Waals surface area contributed by atoms with Gasteiger partial charge in [-0.3, -0.25) is 9.10 Å². The predicted molar refractivity (Wildman–Crippen MR) is 136 cm³/mol. The fourth-order valence-corrected chi connectivity index (χ4v) is 6.60. The average Bonchev–Trinajstić information content (AvgIpc) is 2.83. The van der Waals surface area contributed by atoms with E-state index in [-0.39, 0.29) is 17.3 Å². The van der Waals surface area contributed by atoms with E-state index >= 15 is 0 Å². The molecular formula is C25H34N2O4S2. The molecule has 1 N–H and O–H groups in total. The molecule has 2 aromatic carbocycles. The zero-order valence-electron chi connectivity index (χ0n) is 19.5. The Bertz CT molecular complexity index is 986. The molecule has 8 heteroatoms. The molecule has 2 aromatic rings. The molecule has 1 fully saturated rings. The lowest BCUT2D eigenvalue weighted by atomic mass is 10.0. The van der Waals surface area contributed by atoms with E-state index in [0.29, 0.717) is 18.0 Å². The maximum Gasteiger partial charge on any atom is 0.264 e. The summed E-state index contributed by atoms with van der Waals surface area (Å²) in [5, 5.41) is 3.64. The number of nitrogens with zero attached hydrogens (tertiary/aromatic N) is 1. The van der Waals surface area contributed by atoms with Crippen LogP contribution in [-0.2, 0) is 14.8 Å². The fourth-order valence-electron chi connectivity index (χ4n) is 3.87. The quantitative estimate of drug-likeness (QED) is 0.459. The average molecular weight is 491 g/mol. The van der Waals surface area contributed by atoms with Gasteiger partial charge < -0.3 is 10.1 Å². The van der Waals surface area contributed by atoms with Crippen LogP contribution in [0.25, 0.3) is 0 Å². The molecule has 0 radical (unpaired) electrons. The summed E-state index contributed by atoms with van der Waals surface area (Å²) < 4.78 is 33.1. The number of nitrogens with one attached hydrogen (secondary N) is 1. The summed E-state index contributed by atoms with van der Waals surface area (Å²) >= 11 is 2.00. The number of carbonyl (C=O) groups is 1. The summed E-state index contributed by atoms with van der Waals surface area (Å²) in [6.07, 6.45) is 7.47. The molecule has 1 aliphatic rings. The number of ether oxygens (including phenoxy) is 1. The Kier molecular flexibility index (Phi) is 9.50. The minimum Gasteiger partial charge on any atom is -0.497 e. The van der Waals surface area contributed by atoms with E-state index in [1.165, 1.54) is 32.1 Å². The van der Waals surface area contributed by atoms with Crippen LogP contribution >= 0.6 is 11.8 Å². The number of hydrogen-bond acceptors (Lipinski definition) is 5. The van der Waals surface area contributed by atoms with Crippen LogP contribution in [0.3, 0.4) is 0 Å². The Hall–Kier alpha value is -2.19. The second-order valence-electron chi connectivity index (χ2n) is 8.36. The van der Waals surface area contributed by atoms with Crippen LogP contribution in [0.15, 0.2) is 53.4 Å². The number of benzene rings is 2. The summed E-state index contributed by atoms with van der Waals surface area (Å²) in [6, 6.07) is 13.3. The van der Waals surface area contributed by atoms with Crippen molar-refractivity contribution >= 4 is 33.4 Å². The molecule has 1 amide bonds. The highest BCUT2D eigenvalue weighted by atomic mass is 32.2. The first-order chi connectivity index (χ1) is 15.9. The highest BCUT2D eigenvalue weighted by molar-refractivity contribution is 7.99. The number of aryl methyl sites for hydroxylation is 1. The predicted octanol–water partition coefficient (Wildman–Crippen LogP) is 4.77. The summed E-state index contributed by atoms with van der Waals surface area (Å²) in [6.45, 7) is 2.16. The van der Waals surface area contributed by atoms with Gasteiger partial charge in [0.1, 0.15) is 12.3 Å². The van der Waals surface area contributed by atoms with E-state index in [9.17, 15) is 13.2 Å². The van der Waals surface area contributed by atoms with Crippen LogP contribution in [0.1, 0.15) is 44.1 Å². The van der Waals surface area contributed by atoms with E-state index in [0.717, 1.165) is 27.3 Å². The molecule has 0 unspecified atom stereocenters. The number of sulfonamides is 1. The molecule has 1 saturated carbocycles. The third kappa shape index (κ3) is 7.40. The van der Waals surface area contributed by atoms with E-state index in [4.69, 9.17) is 4.74 Å². The maximum absolute atomic E-state index is 13.4. The van der Waals surface area contributed by atoms with Gasteiger partial charge in [0.15, 0.2) is 0 Å². The lowest BCUT2D eigenvalue weighted by Crippen LogP contribution is -2.41. The molecule has 6 nitrogen and oxygen atoms in total. The summed E-state index contributed by atoms with van der Waals surface area (Å²) in [7, 11) is -2.36. The molecule has 0 atom stereocenters. The number of thioether (sulfide) groups is 1. The van der Waals surface area contributed by atoms with Crippen molar-refractivity contribution < 1.29 is 17.9 Å². The summed E-state index contributed by atoms with van der Waals surface area (Å²) in [5.41, 5.74) is 1.38. The van der Waals surface area contributed by atoms with Crippen LogP contribution < -0.4 is 14.4 Å². The van der Waals surface area contributed by atoms with Gasteiger partial charge in [0.25, 0.3) is 10.0 Å². The Balaban J connectivity index is 1.63. The van der Waals surface area contributed by atoms with Crippen molar-refractivity contribution in [3.05, 3.63) is 54.1 Å². The molecule has 3 rings (SSSR count). The smallest absolute Gasteiger partial charge is 0.264 e. The molecule has 0 aliphatic heterocycles. The summed E-state index contributed by atoms with van der Waals surface area (Å²) in [5.74, 6) is 1.31. The number of anilines is 1. The number of rotatable bonds is 11. The minimum absolute atomic E-state index is 0.153. The zero-order valence-corrected chi connectivity index (χ0v) is 21.1. The van der Waals surface area contributed by atoms with E-state index in [1.807, 2.05) is 18.7 Å². The van der Waals surface area contributed by atoms with Crippen molar-refractivity contribution in [3.63, 3.8) is 0 Å². The van der Waals surface area contributed by atoms with Crippen molar-refractivity contribution in [3.8, 4) is 5.75 Å². The van der Waals surface area contributed by atoms with Crippen molar-refractivity contribution in [1.82, 2.24) is 5.32 Å². The van der Waals surface area contributed by atoms with Crippen molar-refractivity contribution in [2.75, 3.05) is 30.3 Å². The Labute approximate surface area is 202 Å². The highest BCUT2D eigenvalue weighted by Crippen LogP contribution is 2.28. The third-order valence-electron chi connectivity index (χ3n) is 5.81. The molecular weight excluding hydrogens is 456 g/mol. The van der Waals surface area contributed by atoms with E-state index in [1.54, 1.807) is 55.6 Å². The van der Waals surface area contributed by atoms with Gasteiger partial charge in [0, 0.05) is 11.8 Å².